The van der Waals surface area contributed by atoms with Gasteiger partial charge in [-0.1, -0.05) is 0 Å². The van der Waals surface area contributed by atoms with Crippen LogP contribution in [0.4, 0.5) is 0 Å². The summed E-state index contributed by atoms with van der Waals surface area (Å²) in [5.41, 5.74) is 2.03. The fourth-order valence-corrected chi connectivity index (χ4v) is 6.44. The third-order valence-electron chi connectivity index (χ3n) is 4.80. The highest BCUT2D eigenvalue weighted by molar-refractivity contribution is 7.90. The summed E-state index contributed by atoms with van der Waals surface area (Å²) in [6, 6.07) is 3.97. The minimum atomic E-state index is -3.23. The van der Waals surface area contributed by atoms with Gasteiger partial charge in [-0.3, -0.25) is 9.88 Å². The number of hydrogen-bond donors (Lipinski definition) is 0. The van der Waals surface area contributed by atoms with E-state index in [1.54, 1.807) is 28.0 Å². The maximum atomic E-state index is 12.8. The summed E-state index contributed by atoms with van der Waals surface area (Å²) in [5.74, 6) is 0.191. The van der Waals surface area contributed by atoms with E-state index in [-0.39, 0.29) is 11.2 Å². The number of fused-ring (bicyclic) bond motifs is 1. The van der Waals surface area contributed by atoms with E-state index >= 15 is 0 Å². The third-order valence-corrected chi connectivity index (χ3v) is 7.92. The SMILES string of the molecule is Cc1nc(CN2C[C@@H]3CN(Cc4ccncc4)C[C@@H]3S2(=O)=O)cs1. The highest BCUT2D eigenvalue weighted by Crippen LogP contribution is 2.35. The number of nitrogens with zero attached hydrogens (tertiary/aromatic N) is 4. The molecule has 0 radical (unpaired) electrons. The fourth-order valence-electron chi connectivity index (χ4n) is 3.69. The van der Waals surface area contributed by atoms with Crippen LogP contribution in [-0.4, -0.2) is 52.5 Å². The van der Waals surface area contributed by atoms with Gasteiger partial charge in [-0.25, -0.2) is 13.4 Å². The number of pyridine rings is 1. The van der Waals surface area contributed by atoms with E-state index in [0.717, 1.165) is 23.8 Å². The van der Waals surface area contributed by atoms with Crippen LogP contribution in [0.15, 0.2) is 29.9 Å². The van der Waals surface area contributed by atoms with Crippen LogP contribution in [0.25, 0.3) is 0 Å². The van der Waals surface area contributed by atoms with Gasteiger partial charge in [0.05, 0.1) is 22.5 Å². The van der Waals surface area contributed by atoms with E-state index in [2.05, 4.69) is 14.9 Å². The molecule has 0 aromatic carbocycles. The van der Waals surface area contributed by atoms with Crippen molar-refractivity contribution in [1.29, 1.82) is 0 Å². The molecule has 2 atom stereocenters. The lowest BCUT2D eigenvalue weighted by Gasteiger charge is -2.20. The Labute approximate surface area is 146 Å². The van der Waals surface area contributed by atoms with Crippen LogP contribution in [0, 0.1) is 12.8 Å². The molecule has 0 saturated carbocycles. The van der Waals surface area contributed by atoms with Crippen molar-refractivity contribution in [2.24, 2.45) is 5.92 Å². The molecule has 8 heteroatoms. The zero-order valence-corrected chi connectivity index (χ0v) is 15.1. The van der Waals surface area contributed by atoms with Crippen molar-refractivity contribution in [3.8, 4) is 0 Å². The second-order valence-electron chi connectivity index (χ2n) is 6.54. The summed E-state index contributed by atoms with van der Waals surface area (Å²) in [4.78, 5) is 10.7. The first-order valence-electron chi connectivity index (χ1n) is 8.03. The van der Waals surface area contributed by atoms with E-state index in [1.807, 2.05) is 24.4 Å². The van der Waals surface area contributed by atoms with Crippen molar-refractivity contribution in [2.75, 3.05) is 19.6 Å². The minimum absolute atomic E-state index is 0.191. The van der Waals surface area contributed by atoms with E-state index in [1.165, 1.54) is 5.56 Å². The quantitative estimate of drug-likeness (QED) is 0.822. The van der Waals surface area contributed by atoms with Crippen molar-refractivity contribution < 1.29 is 8.42 Å². The second-order valence-corrected chi connectivity index (χ2v) is 9.76. The predicted octanol–water partition coefficient (Wildman–Crippen LogP) is 1.49. The summed E-state index contributed by atoms with van der Waals surface area (Å²) in [5, 5.41) is 2.65. The molecule has 2 fully saturated rings. The van der Waals surface area contributed by atoms with Crippen LogP contribution in [0.5, 0.6) is 0 Å². The van der Waals surface area contributed by atoms with Gasteiger partial charge in [0.15, 0.2) is 0 Å². The molecule has 0 spiro atoms. The molecular formula is C16H20N4O2S2. The lowest BCUT2D eigenvalue weighted by Crippen LogP contribution is -2.34. The summed E-state index contributed by atoms with van der Waals surface area (Å²) in [6.45, 7) is 5.19. The molecule has 0 bridgehead atoms. The van der Waals surface area contributed by atoms with Crippen molar-refractivity contribution in [3.05, 3.63) is 46.2 Å². The molecule has 4 heterocycles. The van der Waals surface area contributed by atoms with Gasteiger partial charge in [-0.2, -0.15) is 4.31 Å². The number of thiazole rings is 1. The number of rotatable bonds is 4. The van der Waals surface area contributed by atoms with E-state index in [4.69, 9.17) is 0 Å². The van der Waals surface area contributed by atoms with Gasteiger partial charge < -0.3 is 0 Å². The molecule has 0 amide bonds. The number of hydrogen-bond acceptors (Lipinski definition) is 6. The molecule has 128 valence electrons. The third kappa shape index (κ3) is 2.99. The Morgan fingerprint density at radius 2 is 2.00 bits per heavy atom. The Morgan fingerprint density at radius 3 is 2.67 bits per heavy atom. The van der Waals surface area contributed by atoms with Gasteiger partial charge in [0, 0.05) is 49.9 Å². The maximum Gasteiger partial charge on any atom is 0.218 e. The zero-order chi connectivity index (χ0) is 16.7. The van der Waals surface area contributed by atoms with E-state index in [9.17, 15) is 8.42 Å². The molecule has 2 saturated heterocycles. The maximum absolute atomic E-state index is 12.8. The first-order valence-corrected chi connectivity index (χ1v) is 10.4. The second kappa shape index (κ2) is 6.18. The molecule has 0 N–H and O–H groups in total. The number of likely N-dealkylation sites (tertiary alicyclic amines) is 1. The lowest BCUT2D eigenvalue weighted by molar-refractivity contribution is 0.294. The Bertz CT molecular complexity index is 822. The Morgan fingerprint density at radius 1 is 1.21 bits per heavy atom. The van der Waals surface area contributed by atoms with E-state index < -0.39 is 10.0 Å². The van der Waals surface area contributed by atoms with Crippen LogP contribution in [0.2, 0.25) is 0 Å². The standard InChI is InChI=1S/C16H20N4O2S2/c1-12-18-15(11-23-12)9-20-8-14-7-19(10-16(14)24(20,21)22)6-13-2-4-17-5-3-13/h2-5,11,14,16H,6-10H2,1H3/t14-,16-/m0/s1. The Kier molecular flexibility index (Phi) is 4.16. The van der Waals surface area contributed by atoms with Gasteiger partial charge in [-0.15, -0.1) is 11.3 Å². The van der Waals surface area contributed by atoms with Crippen LogP contribution >= 0.6 is 11.3 Å². The minimum Gasteiger partial charge on any atom is -0.297 e. The lowest BCUT2D eigenvalue weighted by atomic mass is 10.1. The molecule has 2 aliphatic heterocycles. The first kappa shape index (κ1) is 16.1. The molecule has 6 nitrogen and oxygen atoms in total. The summed E-state index contributed by atoms with van der Waals surface area (Å²) in [6.07, 6.45) is 3.56. The number of aryl methyl sites for hydroxylation is 1. The molecule has 2 aromatic rings. The number of aromatic nitrogens is 2. The van der Waals surface area contributed by atoms with Gasteiger partial charge in [-0.05, 0) is 24.6 Å². The van der Waals surface area contributed by atoms with Crippen molar-refractivity contribution >= 4 is 21.4 Å². The fraction of sp³-hybridized carbons (Fsp3) is 0.500. The van der Waals surface area contributed by atoms with Crippen molar-refractivity contribution in [1.82, 2.24) is 19.2 Å². The van der Waals surface area contributed by atoms with Crippen LogP contribution < -0.4 is 0 Å². The molecule has 4 rings (SSSR count). The number of sulfonamides is 1. The van der Waals surface area contributed by atoms with Crippen LogP contribution in [0.1, 0.15) is 16.3 Å². The summed E-state index contributed by atoms with van der Waals surface area (Å²) >= 11 is 1.56. The molecule has 2 aliphatic rings. The van der Waals surface area contributed by atoms with Gasteiger partial charge >= 0.3 is 0 Å². The van der Waals surface area contributed by atoms with Gasteiger partial charge in [0.1, 0.15) is 0 Å². The molecule has 0 aliphatic carbocycles. The molecule has 24 heavy (non-hydrogen) atoms. The molecule has 0 unspecified atom stereocenters. The monoisotopic (exact) mass is 364 g/mol. The van der Waals surface area contributed by atoms with Gasteiger partial charge in [0.2, 0.25) is 10.0 Å². The normalized spacial score (nSPS) is 26.7. The molecule has 2 aromatic heterocycles. The van der Waals surface area contributed by atoms with Crippen LogP contribution in [0.3, 0.4) is 0 Å². The average molecular weight is 364 g/mol. The highest BCUT2D eigenvalue weighted by atomic mass is 32.2. The van der Waals surface area contributed by atoms with E-state index in [0.29, 0.717) is 19.6 Å². The topological polar surface area (TPSA) is 66.4 Å². The first-order chi connectivity index (χ1) is 11.5. The smallest absolute Gasteiger partial charge is 0.218 e. The van der Waals surface area contributed by atoms with Gasteiger partial charge in [0.25, 0.3) is 0 Å². The van der Waals surface area contributed by atoms with Crippen molar-refractivity contribution in [2.45, 2.75) is 25.3 Å². The average Bonchev–Trinajstić information content (AvgIpc) is 3.19. The summed E-state index contributed by atoms with van der Waals surface area (Å²) < 4.78 is 27.3. The largest absolute Gasteiger partial charge is 0.297 e. The Hall–Kier alpha value is -1.35. The summed E-state index contributed by atoms with van der Waals surface area (Å²) in [7, 11) is -3.23. The van der Waals surface area contributed by atoms with Crippen LogP contribution in [-0.2, 0) is 23.1 Å². The zero-order valence-electron chi connectivity index (χ0n) is 13.5. The highest BCUT2D eigenvalue weighted by Gasteiger charge is 2.50. The van der Waals surface area contributed by atoms with Crippen molar-refractivity contribution in [3.63, 3.8) is 0 Å². The predicted molar refractivity (Wildman–Crippen MR) is 93.0 cm³/mol. The molecular weight excluding hydrogens is 344 g/mol. The Balaban J connectivity index is 1.44.